The van der Waals surface area contributed by atoms with Crippen LogP contribution in [0.2, 0.25) is 0 Å². The topological polar surface area (TPSA) is 41.4 Å². The van der Waals surface area contributed by atoms with Crippen LogP contribution < -0.4 is 0 Å². The molecule has 0 aromatic carbocycles. The molecule has 5 nitrogen and oxygen atoms in total. The summed E-state index contributed by atoms with van der Waals surface area (Å²) in [5.74, 6) is 0.304. The standard InChI is InChI=1S/C17H28N4O/c1-3-19-10-4-7-15(19)16-8-5-12-21(16)17(22)14(2)13-20-11-6-9-18-20/h6,9,11,14-16H,3-5,7-8,10,12-13H2,1-2H3/t14-,15-,16+/m1/s1. The normalized spacial score (nSPS) is 27.5. The van der Waals surface area contributed by atoms with E-state index in [4.69, 9.17) is 0 Å². The Morgan fingerprint density at radius 1 is 1.27 bits per heavy atom. The molecule has 22 heavy (non-hydrogen) atoms. The van der Waals surface area contributed by atoms with E-state index in [2.05, 4.69) is 21.8 Å². The summed E-state index contributed by atoms with van der Waals surface area (Å²) in [7, 11) is 0. The van der Waals surface area contributed by atoms with Crippen molar-refractivity contribution in [3.63, 3.8) is 0 Å². The SMILES string of the molecule is CCN1CCC[C@@H]1[C@@H]1CCCN1C(=O)[C@H](C)Cn1cccn1. The highest BCUT2D eigenvalue weighted by Crippen LogP contribution is 2.30. The number of hydrogen-bond acceptors (Lipinski definition) is 3. The van der Waals surface area contributed by atoms with Crippen LogP contribution >= 0.6 is 0 Å². The fraction of sp³-hybridized carbons (Fsp3) is 0.765. The van der Waals surface area contributed by atoms with Crippen LogP contribution in [0.25, 0.3) is 0 Å². The molecule has 0 unspecified atom stereocenters. The highest BCUT2D eigenvalue weighted by atomic mass is 16.2. The summed E-state index contributed by atoms with van der Waals surface area (Å²) in [5, 5.41) is 4.22. The summed E-state index contributed by atoms with van der Waals surface area (Å²) < 4.78 is 1.86. The lowest BCUT2D eigenvalue weighted by Gasteiger charge is -2.35. The van der Waals surface area contributed by atoms with Gasteiger partial charge in [-0.3, -0.25) is 14.4 Å². The largest absolute Gasteiger partial charge is 0.338 e. The third-order valence-electron chi connectivity index (χ3n) is 5.29. The fourth-order valence-electron chi connectivity index (χ4n) is 4.20. The summed E-state index contributed by atoms with van der Waals surface area (Å²) in [5.41, 5.74) is 0. The summed E-state index contributed by atoms with van der Waals surface area (Å²) in [4.78, 5) is 17.6. The van der Waals surface area contributed by atoms with Crippen LogP contribution in [0.3, 0.4) is 0 Å². The second-order valence-electron chi connectivity index (χ2n) is 6.71. The average Bonchev–Trinajstić information content (AvgIpc) is 3.25. The van der Waals surface area contributed by atoms with Gasteiger partial charge in [-0.05, 0) is 44.8 Å². The quantitative estimate of drug-likeness (QED) is 0.835. The van der Waals surface area contributed by atoms with Crippen LogP contribution in [-0.4, -0.2) is 57.2 Å². The second kappa shape index (κ2) is 6.82. The second-order valence-corrected chi connectivity index (χ2v) is 6.71. The number of likely N-dealkylation sites (tertiary alicyclic amines) is 2. The monoisotopic (exact) mass is 304 g/mol. The number of carbonyl (C=O) groups is 1. The molecule has 122 valence electrons. The van der Waals surface area contributed by atoms with Crippen LogP contribution in [0.4, 0.5) is 0 Å². The summed E-state index contributed by atoms with van der Waals surface area (Å²) >= 11 is 0. The minimum atomic E-state index is -0.00280. The van der Waals surface area contributed by atoms with Gasteiger partial charge in [0.05, 0.1) is 12.5 Å². The molecule has 1 aromatic rings. The van der Waals surface area contributed by atoms with Crippen molar-refractivity contribution in [1.82, 2.24) is 19.6 Å². The predicted octanol–water partition coefficient (Wildman–Crippen LogP) is 1.99. The van der Waals surface area contributed by atoms with Gasteiger partial charge in [-0.25, -0.2) is 0 Å². The zero-order valence-electron chi connectivity index (χ0n) is 13.8. The number of nitrogens with zero attached hydrogens (tertiary/aromatic N) is 4. The summed E-state index contributed by atoms with van der Waals surface area (Å²) in [6.07, 6.45) is 8.55. The number of hydrogen-bond donors (Lipinski definition) is 0. The Labute approximate surface area is 133 Å². The Morgan fingerprint density at radius 3 is 2.77 bits per heavy atom. The highest BCUT2D eigenvalue weighted by molar-refractivity contribution is 5.79. The zero-order chi connectivity index (χ0) is 15.5. The van der Waals surface area contributed by atoms with Gasteiger partial charge in [-0.15, -0.1) is 0 Å². The Kier molecular flexibility index (Phi) is 4.81. The minimum Gasteiger partial charge on any atom is -0.338 e. The van der Waals surface area contributed by atoms with Gasteiger partial charge in [0.2, 0.25) is 5.91 Å². The van der Waals surface area contributed by atoms with Crippen molar-refractivity contribution in [3.8, 4) is 0 Å². The molecule has 2 aliphatic heterocycles. The molecule has 0 saturated carbocycles. The molecule has 3 rings (SSSR count). The van der Waals surface area contributed by atoms with Gasteiger partial charge in [-0.2, -0.15) is 5.10 Å². The fourth-order valence-corrected chi connectivity index (χ4v) is 4.20. The molecule has 5 heteroatoms. The predicted molar refractivity (Wildman–Crippen MR) is 86.4 cm³/mol. The van der Waals surface area contributed by atoms with Gasteiger partial charge in [0.15, 0.2) is 0 Å². The number of aromatic nitrogens is 2. The van der Waals surface area contributed by atoms with E-state index in [-0.39, 0.29) is 5.92 Å². The molecule has 0 bridgehead atoms. The van der Waals surface area contributed by atoms with Crippen molar-refractivity contribution in [1.29, 1.82) is 0 Å². The summed E-state index contributed by atoms with van der Waals surface area (Å²) in [6.45, 7) is 8.18. The van der Waals surface area contributed by atoms with E-state index < -0.39 is 0 Å². The molecule has 0 N–H and O–H groups in total. The smallest absolute Gasteiger partial charge is 0.227 e. The number of carbonyl (C=O) groups excluding carboxylic acids is 1. The molecular weight excluding hydrogens is 276 g/mol. The maximum absolute atomic E-state index is 12.9. The third kappa shape index (κ3) is 3.05. The Bertz CT molecular complexity index is 487. The molecule has 3 atom stereocenters. The highest BCUT2D eigenvalue weighted by Gasteiger charge is 2.40. The number of amides is 1. The van der Waals surface area contributed by atoms with Crippen molar-refractivity contribution in [2.75, 3.05) is 19.6 Å². The van der Waals surface area contributed by atoms with E-state index in [1.165, 1.54) is 25.8 Å². The third-order valence-corrected chi connectivity index (χ3v) is 5.29. The van der Waals surface area contributed by atoms with E-state index >= 15 is 0 Å². The Balaban J connectivity index is 1.65. The van der Waals surface area contributed by atoms with Gasteiger partial charge in [-0.1, -0.05) is 13.8 Å². The van der Waals surface area contributed by atoms with Gasteiger partial charge in [0.1, 0.15) is 0 Å². The van der Waals surface area contributed by atoms with Crippen LogP contribution in [0.5, 0.6) is 0 Å². The molecule has 2 saturated heterocycles. The lowest BCUT2D eigenvalue weighted by molar-refractivity contribution is -0.137. The van der Waals surface area contributed by atoms with E-state index in [0.717, 1.165) is 19.5 Å². The lowest BCUT2D eigenvalue weighted by atomic mass is 10.0. The van der Waals surface area contributed by atoms with Crippen LogP contribution in [0, 0.1) is 5.92 Å². The molecule has 1 aromatic heterocycles. The van der Waals surface area contributed by atoms with Gasteiger partial charge in [0.25, 0.3) is 0 Å². The average molecular weight is 304 g/mol. The minimum absolute atomic E-state index is 0.00280. The van der Waals surface area contributed by atoms with Gasteiger partial charge in [0, 0.05) is 31.0 Å². The first-order valence-electron chi connectivity index (χ1n) is 8.72. The van der Waals surface area contributed by atoms with Crippen LogP contribution in [0.15, 0.2) is 18.5 Å². The Hall–Kier alpha value is -1.36. The Morgan fingerprint density at radius 2 is 2.05 bits per heavy atom. The van der Waals surface area contributed by atoms with Crippen molar-refractivity contribution in [3.05, 3.63) is 18.5 Å². The number of likely N-dealkylation sites (N-methyl/N-ethyl adjacent to an activating group) is 1. The van der Waals surface area contributed by atoms with Gasteiger partial charge >= 0.3 is 0 Å². The number of rotatable bonds is 5. The van der Waals surface area contributed by atoms with E-state index in [9.17, 15) is 4.79 Å². The first-order chi connectivity index (χ1) is 10.7. The maximum Gasteiger partial charge on any atom is 0.227 e. The maximum atomic E-state index is 12.9. The summed E-state index contributed by atoms with van der Waals surface area (Å²) in [6, 6.07) is 2.91. The molecule has 0 spiro atoms. The molecule has 0 aliphatic carbocycles. The molecule has 2 fully saturated rings. The van der Waals surface area contributed by atoms with E-state index in [1.807, 2.05) is 23.9 Å². The van der Waals surface area contributed by atoms with E-state index in [1.54, 1.807) is 6.20 Å². The molecule has 3 heterocycles. The lowest BCUT2D eigenvalue weighted by Crippen LogP contribution is -2.49. The first kappa shape index (κ1) is 15.5. The van der Waals surface area contributed by atoms with Gasteiger partial charge < -0.3 is 4.90 Å². The van der Waals surface area contributed by atoms with Crippen molar-refractivity contribution in [2.45, 2.75) is 58.2 Å². The zero-order valence-corrected chi connectivity index (χ0v) is 13.8. The van der Waals surface area contributed by atoms with Crippen molar-refractivity contribution >= 4 is 5.91 Å². The van der Waals surface area contributed by atoms with E-state index in [0.29, 0.717) is 24.5 Å². The molecule has 1 amide bonds. The van der Waals surface area contributed by atoms with Crippen LogP contribution in [0.1, 0.15) is 39.5 Å². The molecular formula is C17H28N4O. The molecule has 0 radical (unpaired) electrons. The van der Waals surface area contributed by atoms with Crippen molar-refractivity contribution < 1.29 is 4.79 Å². The van der Waals surface area contributed by atoms with Crippen LogP contribution in [-0.2, 0) is 11.3 Å². The van der Waals surface area contributed by atoms with Crippen molar-refractivity contribution in [2.24, 2.45) is 5.92 Å². The molecule has 2 aliphatic rings. The first-order valence-corrected chi connectivity index (χ1v) is 8.72.